The van der Waals surface area contributed by atoms with Crippen LogP contribution >= 0.6 is 11.3 Å². The molecule has 3 rings (SSSR count). The van der Waals surface area contributed by atoms with Crippen molar-refractivity contribution in [2.45, 2.75) is 18.4 Å². The Labute approximate surface area is 141 Å². The van der Waals surface area contributed by atoms with Crippen LogP contribution in [0.15, 0.2) is 58.8 Å². The van der Waals surface area contributed by atoms with E-state index in [0.717, 1.165) is 10.9 Å². The summed E-state index contributed by atoms with van der Waals surface area (Å²) >= 11 is 1.63. The molecule has 0 aliphatic carbocycles. The van der Waals surface area contributed by atoms with Crippen LogP contribution in [0.5, 0.6) is 0 Å². The van der Waals surface area contributed by atoms with Gasteiger partial charge in [-0.3, -0.25) is 4.21 Å². The van der Waals surface area contributed by atoms with E-state index in [2.05, 4.69) is 0 Å². The van der Waals surface area contributed by atoms with Crippen molar-refractivity contribution < 1.29 is 13.7 Å². The van der Waals surface area contributed by atoms with Crippen LogP contribution in [-0.2, 0) is 22.1 Å². The Hall–Kier alpha value is -1.98. The average molecular weight is 344 g/mol. The molecule has 0 bridgehead atoms. The maximum atomic E-state index is 12.4. The fraction of sp³-hybridized carbons (Fsp3) is 0.167. The van der Waals surface area contributed by atoms with Crippen LogP contribution in [0.3, 0.4) is 0 Å². The van der Waals surface area contributed by atoms with Crippen LogP contribution < -0.4 is 0 Å². The predicted octanol–water partition coefficient (Wildman–Crippen LogP) is 4.39. The maximum Gasteiger partial charge on any atom is 0.339 e. The first kappa shape index (κ1) is 15.9. The lowest BCUT2D eigenvalue weighted by Crippen LogP contribution is -2.10. The molecule has 0 radical (unpaired) electrons. The van der Waals surface area contributed by atoms with Gasteiger partial charge in [-0.15, -0.1) is 11.3 Å². The first-order valence-electron chi connectivity index (χ1n) is 7.30. The molecule has 2 aromatic carbocycles. The molecular formula is C18H16O3S2. The quantitative estimate of drug-likeness (QED) is 0.645. The molecular weight excluding hydrogens is 328 g/mol. The molecule has 1 unspecified atom stereocenters. The molecule has 23 heavy (non-hydrogen) atoms. The van der Waals surface area contributed by atoms with Crippen LogP contribution in [0.1, 0.15) is 22.8 Å². The van der Waals surface area contributed by atoms with Crippen LogP contribution in [0.4, 0.5) is 0 Å². The lowest BCUT2D eigenvalue weighted by molar-refractivity contribution is 0.0470. The third-order valence-corrected chi connectivity index (χ3v) is 5.92. The zero-order chi connectivity index (χ0) is 16.2. The third kappa shape index (κ3) is 3.35. The van der Waals surface area contributed by atoms with E-state index in [4.69, 9.17) is 4.74 Å². The van der Waals surface area contributed by atoms with E-state index in [0.29, 0.717) is 16.2 Å². The minimum Gasteiger partial charge on any atom is -0.457 e. The van der Waals surface area contributed by atoms with Crippen molar-refractivity contribution in [1.29, 1.82) is 0 Å². The topological polar surface area (TPSA) is 43.4 Å². The van der Waals surface area contributed by atoms with Gasteiger partial charge in [0.2, 0.25) is 0 Å². The first-order valence-corrected chi connectivity index (χ1v) is 9.50. The van der Waals surface area contributed by atoms with Crippen molar-refractivity contribution in [2.24, 2.45) is 0 Å². The van der Waals surface area contributed by atoms with Gasteiger partial charge in [0.15, 0.2) is 0 Å². The fourth-order valence-corrected chi connectivity index (χ4v) is 4.24. The molecule has 0 fully saturated rings. The molecule has 0 N–H and O–H groups in total. The number of ether oxygens (including phenoxy) is 1. The summed E-state index contributed by atoms with van der Waals surface area (Å²) in [6, 6.07) is 15.0. The van der Waals surface area contributed by atoms with Crippen molar-refractivity contribution in [1.82, 2.24) is 0 Å². The van der Waals surface area contributed by atoms with Crippen molar-refractivity contribution in [3.63, 3.8) is 0 Å². The smallest absolute Gasteiger partial charge is 0.339 e. The number of hydrogen-bond acceptors (Lipinski definition) is 4. The zero-order valence-corrected chi connectivity index (χ0v) is 14.3. The lowest BCUT2D eigenvalue weighted by atomic mass is 10.2. The number of benzene rings is 2. The second-order valence-electron chi connectivity index (χ2n) is 4.96. The predicted molar refractivity (Wildman–Crippen MR) is 94.3 cm³/mol. The SMILES string of the molecule is CCS(=O)c1ccccc1C(=O)OCc1csc2ccccc12. The third-order valence-electron chi connectivity index (χ3n) is 3.53. The highest BCUT2D eigenvalue weighted by atomic mass is 32.2. The Morgan fingerprint density at radius 1 is 1.13 bits per heavy atom. The van der Waals surface area contributed by atoms with Gasteiger partial charge in [-0.05, 0) is 29.0 Å². The minimum atomic E-state index is -1.18. The molecule has 0 saturated carbocycles. The number of rotatable bonds is 5. The van der Waals surface area contributed by atoms with E-state index in [-0.39, 0.29) is 6.61 Å². The zero-order valence-electron chi connectivity index (χ0n) is 12.7. The number of esters is 1. The second-order valence-corrected chi connectivity index (χ2v) is 7.58. The van der Waals surface area contributed by atoms with E-state index in [9.17, 15) is 9.00 Å². The van der Waals surface area contributed by atoms with Crippen LogP contribution in [0, 0.1) is 0 Å². The van der Waals surface area contributed by atoms with Crippen molar-refractivity contribution >= 4 is 38.2 Å². The van der Waals surface area contributed by atoms with Gasteiger partial charge in [-0.1, -0.05) is 37.3 Å². The molecule has 3 aromatic rings. The van der Waals surface area contributed by atoms with Gasteiger partial charge in [0.05, 0.1) is 21.3 Å². The van der Waals surface area contributed by atoms with Gasteiger partial charge in [-0.2, -0.15) is 0 Å². The molecule has 5 heteroatoms. The largest absolute Gasteiger partial charge is 0.457 e. The summed E-state index contributed by atoms with van der Waals surface area (Å²) in [5, 5.41) is 3.12. The van der Waals surface area contributed by atoms with Gasteiger partial charge in [0, 0.05) is 16.0 Å². The van der Waals surface area contributed by atoms with Gasteiger partial charge in [-0.25, -0.2) is 4.79 Å². The molecule has 0 amide bonds. The number of carbonyl (C=O) groups is 1. The van der Waals surface area contributed by atoms with E-state index >= 15 is 0 Å². The van der Waals surface area contributed by atoms with Gasteiger partial charge in [0.1, 0.15) is 6.61 Å². The van der Waals surface area contributed by atoms with Crippen molar-refractivity contribution in [2.75, 3.05) is 5.75 Å². The first-order chi connectivity index (χ1) is 11.2. The monoisotopic (exact) mass is 344 g/mol. The van der Waals surface area contributed by atoms with Gasteiger partial charge in [0.25, 0.3) is 0 Å². The molecule has 3 nitrogen and oxygen atoms in total. The van der Waals surface area contributed by atoms with E-state index in [1.54, 1.807) is 35.6 Å². The highest BCUT2D eigenvalue weighted by Gasteiger charge is 2.16. The summed E-state index contributed by atoms with van der Waals surface area (Å²) in [6.07, 6.45) is 0. The van der Waals surface area contributed by atoms with Crippen LogP contribution in [0.2, 0.25) is 0 Å². The molecule has 1 atom stereocenters. The normalized spacial score (nSPS) is 12.2. The fourth-order valence-electron chi connectivity index (χ4n) is 2.35. The summed E-state index contributed by atoms with van der Waals surface area (Å²) in [4.78, 5) is 12.9. The number of hydrogen-bond donors (Lipinski definition) is 0. The maximum absolute atomic E-state index is 12.4. The lowest BCUT2D eigenvalue weighted by Gasteiger charge is -2.08. The summed E-state index contributed by atoms with van der Waals surface area (Å²) < 4.78 is 18.7. The van der Waals surface area contributed by atoms with Crippen molar-refractivity contribution in [3.05, 3.63) is 65.0 Å². The summed E-state index contributed by atoms with van der Waals surface area (Å²) in [5.41, 5.74) is 1.38. The molecule has 118 valence electrons. The Morgan fingerprint density at radius 3 is 2.70 bits per heavy atom. The standard InChI is InChI=1S/C18H16O3S2/c1-2-23(20)17-10-6-4-8-15(17)18(19)21-11-13-12-22-16-9-5-3-7-14(13)16/h3-10,12H,2,11H2,1H3. The number of carbonyl (C=O) groups excluding carboxylic acids is 1. The molecule has 0 aliphatic heterocycles. The summed E-state index contributed by atoms with van der Waals surface area (Å²) in [5.74, 6) is 0.0390. The molecule has 1 heterocycles. The number of fused-ring (bicyclic) bond motifs is 1. The van der Waals surface area contributed by atoms with Gasteiger partial charge < -0.3 is 4.74 Å². The number of thiophene rings is 1. The minimum absolute atomic E-state index is 0.218. The summed E-state index contributed by atoms with van der Waals surface area (Å²) in [7, 11) is -1.18. The molecule has 0 aliphatic rings. The summed E-state index contributed by atoms with van der Waals surface area (Å²) in [6.45, 7) is 2.05. The van der Waals surface area contributed by atoms with E-state index in [1.165, 1.54) is 4.70 Å². The van der Waals surface area contributed by atoms with Gasteiger partial charge >= 0.3 is 5.97 Å². The Morgan fingerprint density at radius 2 is 1.87 bits per heavy atom. The van der Waals surface area contributed by atoms with E-state index in [1.807, 2.05) is 36.6 Å². The van der Waals surface area contributed by atoms with E-state index < -0.39 is 16.8 Å². The Balaban J connectivity index is 1.79. The van der Waals surface area contributed by atoms with Crippen LogP contribution in [-0.4, -0.2) is 15.9 Å². The van der Waals surface area contributed by atoms with Crippen LogP contribution in [0.25, 0.3) is 10.1 Å². The average Bonchev–Trinajstić information content (AvgIpc) is 3.02. The molecule has 0 spiro atoms. The second kappa shape index (κ2) is 7.06. The highest BCUT2D eigenvalue weighted by molar-refractivity contribution is 7.85. The Kier molecular flexibility index (Phi) is 4.88. The Bertz CT molecular complexity index is 867. The molecule has 0 saturated heterocycles. The molecule has 1 aromatic heterocycles. The highest BCUT2D eigenvalue weighted by Crippen LogP contribution is 2.26. The van der Waals surface area contributed by atoms with Crippen molar-refractivity contribution in [3.8, 4) is 0 Å².